The fraction of sp³-hybridized carbons (Fsp3) is 0.308. The van der Waals surface area contributed by atoms with Gasteiger partial charge in [-0.25, -0.2) is 4.98 Å². The normalized spacial score (nSPS) is 10.7. The van der Waals surface area contributed by atoms with Gasteiger partial charge in [0.25, 0.3) is 5.91 Å². The number of carbonyl (C=O) groups is 1. The number of anilines is 2. The maximum Gasteiger partial charge on any atom is 0.275 e. The van der Waals surface area contributed by atoms with Crippen LogP contribution in [0, 0.1) is 6.92 Å². The zero-order valence-corrected chi connectivity index (χ0v) is 11.2. The van der Waals surface area contributed by atoms with Gasteiger partial charge in [0.1, 0.15) is 17.3 Å². The second-order valence-electron chi connectivity index (χ2n) is 4.61. The van der Waals surface area contributed by atoms with Crippen molar-refractivity contribution in [3.05, 3.63) is 35.7 Å². The summed E-state index contributed by atoms with van der Waals surface area (Å²) in [5.74, 6) is 0.599. The Kier molecular flexibility index (Phi) is 3.50. The summed E-state index contributed by atoms with van der Waals surface area (Å²) >= 11 is 0. The molecule has 6 heteroatoms. The highest BCUT2D eigenvalue weighted by Crippen LogP contribution is 2.14. The third kappa shape index (κ3) is 2.73. The molecule has 0 aromatic carbocycles. The largest absolute Gasteiger partial charge is 0.383 e. The van der Waals surface area contributed by atoms with Crippen molar-refractivity contribution in [2.24, 2.45) is 0 Å². The third-order valence-electron chi connectivity index (χ3n) is 2.77. The molecular formula is C13H17N5O. The highest BCUT2D eigenvalue weighted by Gasteiger charge is 2.14. The maximum absolute atomic E-state index is 12.1. The molecule has 3 N–H and O–H groups in total. The minimum atomic E-state index is -0.248. The summed E-state index contributed by atoms with van der Waals surface area (Å²) in [7, 11) is 0. The molecule has 2 heterocycles. The van der Waals surface area contributed by atoms with Crippen LogP contribution in [-0.2, 0) is 0 Å². The molecule has 0 spiro atoms. The van der Waals surface area contributed by atoms with Crippen LogP contribution in [0.1, 0.15) is 35.9 Å². The van der Waals surface area contributed by atoms with Crippen LogP contribution in [0.3, 0.4) is 0 Å². The maximum atomic E-state index is 12.1. The Morgan fingerprint density at radius 1 is 1.37 bits per heavy atom. The zero-order valence-electron chi connectivity index (χ0n) is 11.2. The lowest BCUT2D eigenvalue weighted by molar-refractivity contribution is 0.101. The van der Waals surface area contributed by atoms with Crippen LogP contribution in [-0.4, -0.2) is 20.7 Å². The summed E-state index contributed by atoms with van der Waals surface area (Å²) in [4.78, 5) is 16.3. The molecule has 0 radical (unpaired) electrons. The molecule has 0 atom stereocenters. The molecule has 0 aliphatic heterocycles. The Bertz CT molecular complexity index is 603. The lowest BCUT2D eigenvalue weighted by atomic mass is 10.3. The van der Waals surface area contributed by atoms with Gasteiger partial charge < -0.3 is 11.1 Å². The summed E-state index contributed by atoms with van der Waals surface area (Å²) in [5.41, 5.74) is 7.09. The molecule has 19 heavy (non-hydrogen) atoms. The fourth-order valence-electron chi connectivity index (χ4n) is 1.70. The lowest BCUT2D eigenvalue weighted by Crippen LogP contribution is -2.19. The van der Waals surface area contributed by atoms with Crippen LogP contribution < -0.4 is 11.1 Å². The molecular weight excluding hydrogens is 242 g/mol. The number of aromatic nitrogens is 3. The number of nitrogens with two attached hydrogens (primary N) is 1. The molecule has 0 aliphatic rings. The molecule has 100 valence electrons. The molecule has 0 saturated carbocycles. The number of hydrogen-bond acceptors (Lipinski definition) is 4. The number of amides is 1. The van der Waals surface area contributed by atoms with E-state index in [9.17, 15) is 4.79 Å². The first-order valence-electron chi connectivity index (χ1n) is 6.07. The smallest absolute Gasteiger partial charge is 0.275 e. The van der Waals surface area contributed by atoms with Gasteiger partial charge in [0.2, 0.25) is 0 Å². The van der Waals surface area contributed by atoms with E-state index in [0.29, 0.717) is 17.3 Å². The number of aryl methyl sites for hydroxylation is 1. The zero-order chi connectivity index (χ0) is 14.0. The second-order valence-corrected chi connectivity index (χ2v) is 4.61. The first-order valence-corrected chi connectivity index (χ1v) is 6.07. The van der Waals surface area contributed by atoms with Crippen LogP contribution >= 0.6 is 0 Å². The third-order valence-corrected chi connectivity index (χ3v) is 2.77. The quantitative estimate of drug-likeness (QED) is 0.882. The van der Waals surface area contributed by atoms with Crippen molar-refractivity contribution >= 4 is 17.5 Å². The predicted octanol–water partition coefficient (Wildman–Crippen LogP) is 2.00. The van der Waals surface area contributed by atoms with Crippen molar-refractivity contribution in [1.29, 1.82) is 0 Å². The van der Waals surface area contributed by atoms with Gasteiger partial charge in [0, 0.05) is 12.2 Å². The summed E-state index contributed by atoms with van der Waals surface area (Å²) in [5, 5.41) is 6.84. The van der Waals surface area contributed by atoms with E-state index in [0.717, 1.165) is 5.56 Å². The standard InChI is InChI=1S/C13H17N5O/c1-8(2)18-10(6-7-15-18)13(19)17-11-5-4-9(3)12(14)16-11/h4-8H,1-3H3,(H3,14,16,17,19). The minimum Gasteiger partial charge on any atom is -0.383 e. The van der Waals surface area contributed by atoms with Crippen molar-refractivity contribution in [1.82, 2.24) is 14.8 Å². The van der Waals surface area contributed by atoms with E-state index in [1.54, 1.807) is 23.0 Å². The minimum absolute atomic E-state index is 0.117. The summed E-state index contributed by atoms with van der Waals surface area (Å²) in [6, 6.07) is 5.33. The van der Waals surface area contributed by atoms with Crippen LogP contribution in [0.5, 0.6) is 0 Å². The average molecular weight is 259 g/mol. The molecule has 2 rings (SSSR count). The van der Waals surface area contributed by atoms with E-state index in [1.807, 2.05) is 26.8 Å². The molecule has 0 bridgehead atoms. The van der Waals surface area contributed by atoms with Gasteiger partial charge >= 0.3 is 0 Å². The van der Waals surface area contributed by atoms with Crippen LogP contribution in [0.25, 0.3) is 0 Å². The first-order chi connectivity index (χ1) is 8.99. The molecule has 1 amide bonds. The molecule has 0 saturated heterocycles. The number of carbonyl (C=O) groups excluding carboxylic acids is 1. The van der Waals surface area contributed by atoms with Gasteiger partial charge in [0.15, 0.2) is 0 Å². The summed E-state index contributed by atoms with van der Waals surface area (Å²) < 4.78 is 1.66. The molecule has 0 fully saturated rings. The number of hydrogen-bond donors (Lipinski definition) is 2. The Labute approximate surface area is 111 Å². The molecule has 2 aromatic heterocycles. The van der Waals surface area contributed by atoms with Crippen molar-refractivity contribution in [3.63, 3.8) is 0 Å². The van der Waals surface area contributed by atoms with E-state index < -0.39 is 0 Å². The number of nitrogens with zero attached hydrogens (tertiary/aromatic N) is 3. The van der Waals surface area contributed by atoms with Crippen LogP contribution in [0.2, 0.25) is 0 Å². The highest BCUT2D eigenvalue weighted by atomic mass is 16.2. The SMILES string of the molecule is Cc1ccc(NC(=O)c2ccnn2C(C)C)nc1N. The number of rotatable bonds is 3. The van der Waals surface area contributed by atoms with Crippen molar-refractivity contribution in [2.75, 3.05) is 11.1 Å². The van der Waals surface area contributed by atoms with E-state index in [-0.39, 0.29) is 11.9 Å². The van der Waals surface area contributed by atoms with Crippen molar-refractivity contribution in [2.45, 2.75) is 26.8 Å². The van der Waals surface area contributed by atoms with E-state index >= 15 is 0 Å². The topological polar surface area (TPSA) is 85.8 Å². The molecule has 0 aliphatic carbocycles. The van der Waals surface area contributed by atoms with Gasteiger partial charge in [-0.05, 0) is 38.5 Å². The number of nitrogen functional groups attached to an aromatic ring is 1. The van der Waals surface area contributed by atoms with E-state index in [1.165, 1.54) is 0 Å². The highest BCUT2D eigenvalue weighted by molar-refractivity contribution is 6.02. The molecule has 2 aromatic rings. The number of nitrogens with one attached hydrogen (secondary N) is 1. The average Bonchev–Trinajstić information content (AvgIpc) is 2.83. The summed E-state index contributed by atoms with van der Waals surface area (Å²) in [6.45, 7) is 5.79. The van der Waals surface area contributed by atoms with Gasteiger partial charge in [-0.1, -0.05) is 6.07 Å². The van der Waals surface area contributed by atoms with E-state index in [4.69, 9.17) is 5.73 Å². The number of pyridine rings is 1. The monoisotopic (exact) mass is 259 g/mol. The Balaban J connectivity index is 2.21. The molecule has 0 unspecified atom stereocenters. The van der Waals surface area contributed by atoms with E-state index in [2.05, 4.69) is 15.4 Å². The van der Waals surface area contributed by atoms with Gasteiger partial charge in [-0.2, -0.15) is 5.10 Å². The van der Waals surface area contributed by atoms with Gasteiger partial charge in [-0.15, -0.1) is 0 Å². The second kappa shape index (κ2) is 5.09. The van der Waals surface area contributed by atoms with Crippen molar-refractivity contribution < 1.29 is 4.79 Å². The Hall–Kier alpha value is -2.37. The fourth-order valence-corrected chi connectivity index (χ4v) is 1.70. The Morgan fingerprint density at radius 2 is 2.11 bits per heavy atom. The lowest BCUT2D eigenvalue weighted by Gasteiger charge is -2.11. The predicted molar refractivity (Wildman–Crippen MR) is 74.0 cm³/mol. The first kappa shape index (κ1) is 13.1. The summed E-state index contributed by atoms with van der Waals surface area (Å²) in [6.07, 6.45) is 1.60. The van der Waals surface area contributed by atoms with Crippen LogP contribution in [0.15, 0.2) is 24.4 Å². The van der Waals surface area contributed by atoms with Gasteiger partial charge in [-0.3, -0.25) is 9.48 Å². The van der Waals surface area contributed by atoms with Gasteiger partial charge in [0.05, 0.1) is 0 Å². The van der Waals surface area contributed by atoms with Crippen LogP contribution in [0.4, 0.5) is 11.6 Å². The Morgan fingerprint density at radius 3 is 2.74 bits per heavy atom. The van der Waals surface area contributed by atoms with Crippen molar-refractivity contribution in [3.8, 4) is 0 Å². The molecule has 6 nitrogen and oxygen atoms in total.